The molecular formula is C18H23N5O5. The number of nitriles is 1. The molecule has 1 aromatic carbocycles. The maximum absolute atomic E-state index is 13.0. The molecule has 2 rings (SSSR count). The van der Waals surface area contributed by atoms with Crippen molar-refractivity contribution in [3.05, 3.63) is 39.4 Å². The summed E-state index contributed by atoms with van der Waals surface area (Å²) in [6.07, 6.45) is -0.864. The molecule has 1 saturated heterocycles. The highest BCUT2D eigenvalue weighted by molar-refractivity contribution is 5.87. The molecule has 4 N–H and O–H groups in total. The normalized spacial score (nSPS) is 20.1. The van der Waals surface area contributed by atoms with Crippen LogP contribution in [0.2, 0.25) is 0 Å². The third kappa shape index (κ3) is 4.37. The molecule has 10 nitrogen and oxygen atoms in total. The minimum atomic E-state index is -1.32. The number of nitro groups is 1. The van der Waals surface area contributed by atoms with E-state index >= 15 is 0 Å². The highest BCUT2D eigenvalue weighted by Crippen LogP contribution is 2.33. The standard InChI is InChI=1S/C18H23N5O5/c1-17(2,3)14(21-16(25)26)15(24)22-18(6-7-20-10-18)13-5-4-12(23(27)28)8-11(13)9-19/h4-5,8,14,20-21H,6-7,10H2,1-3H3,(H,22,24)(H,25,26)/t14?,18-/m1/s1. The molecule has 2 amide bonds. The van der Waals surface area contributed by atoms with Crippen LogP contribution in [0.5, 0.6) is 0 Å². The molecule has 0 aliphatic carbocycles. The third-order valence-corrected chi connectivity index (χ3v) is 4.76. The summed E-state index contributed by atoms with van der Waals surface area (Å²) in [6.45, 7) is 6.09. The Bertz CT molecular complexity index is 834. The molecule has 1 fully saturated rings. The van der Waals surface area contributed by atoms with Crippen LogP contribution in [0.4, 0.5) is 10.5 Å². The second kappa shape index (κ2) is 7.82. The van der Waals surface area contributed by atoms with E-state index in [2.05, 4.69) is 16.0 Å². The van der Waals surface area contributed by atoms with Gasteiger partial charge in [-0.2, -0.15) is 5.26 Å². The van der Waals surface area contributed by atoms with Gasteiger partial charge in [0.1, 0.15) is 6.04 Å². The van der Waals surface area contributed by atoms with Crippen molar-refractivity contribution < 1.29 is 19.6 Å². The maximum Gasteiger partial charge on any atom is 0.405 e. The van der Waals surface area contributed by atoms with Crippen molar-refractivity contribution in [2.75, 3.05) is 13.1 Å². The first kappa shape index (κ1) is 21.1. The number of carboxylic acid groups (broad SMARTS) is 1. The van der Waals surface area contributed by atoms with Gasteiger partial charge in [-0.1, -0.05) is 20.8 Å². The van der Waals surface area contributed by atoms with Crippen molar-refractivity contribution in [2.45, 2.75) is 38.8 Å². The van der Waals surface area contributed by atoms with Crippen LogP contribution in [-0.4, -0.2) is 41.2 Å². The molecule has 0 bridgehead atoms. The van der Waals surface area contributed by atoms with Gasteiger partial charge >= 0.3 is 6.09 Å². The predicted octanol–water partition coefficient (Wildman–Crippen LogP) is 1.45. The number of amides is 2. The van der Waals surface area contributed by atoms with Crippen molar-refractivity contribution in [3.63, 3.8) is 0 Å². The second-order valence-electron chi connectivity index (χ2n) is 7.85. The van der Waals surface area contributed by atoms with Gasteiger partial charge < -0.3 is 21.1 Å². The first-order valence-electron chi connectivity index (χ1n) is 8.71. The number of benzene rings is 1. The third-order valence-electron chi connectivity index (χ3n) is 4.76. The fourth-order valence-corrected chi connectivity index (χ4v) is 3.36. The zero-order valence-electron chi connectivity index (χ0n) is 15.9. The summed E-state index contributed by atoms with van der Waals surface area (Å²) in [5.41, 5.74) is -1.32. The molecule has 28 heavy (non-hydrogen) atoms. The van der Waals surface area contributed by atoms with Gasteiger partial charge in [-0.25, -0.2) is 4.79 Å². The fraction of sp³-hybridized carbons (Fsp3) is 0.500. The van der Waals surface area contributed by atoms with E-state index in [0.29, 0.717) is 25.1 Å². The Hall–Kier alpha value is -3.19. The molecule has 1 heterocycles. The molecule has 0 saturated carbocycles. The Morgan fingerprint density at radius 2 is 2.11 bits per heavy atom. The van der Waals surface area contributed by atoms with Crippen LogP contribution < -0.4 is 16.0 Å². The lowest BCUT2D eigenvalue weighted by molar-refractivity contribution is -0.384. The van der Waals surface area contributed by atoms with Crippen LogP contribution in [0.15, 0.2) is 18.2 Å². The lowest BCUT2D eigenvalue weighted by atomic mass is 9.82. The first-order valence-corrected chi connectivity index (χ1v) is 8.71. The zero-order chi connectivity index (χ0) is 21.1. The molecule has 10 heteroatoms. The van der Waals surface area contributed by atoms with E-state index in [4.69, 9.17) is 5.11 Å². The molecule has 0 spiro atoms. The van der Waals surface area contributed by atoms with Crippen LogP contribution in [0.3, 0.4) is 0 Å². The monoisotopic (exact) mass is 389 g/mol. The van der Waals surface area contributed by atoms with E-state index in [9.17, 15) is 25.0 Å². The highest BCUT2D eigenvalue weighted by atomic mass is 16.6. The first-order chi connectivity index (χ1) is 13.0. The Labute approximate surface area is 162 Å². The van der Waals surface area contributed by atoms with Crippen LogP contribution in [-0.2, 0) is 10.3 Å². The summed E-state index contributed by atoms with van der Waals surface area (Å²) in [4.78, 5) is 34.5. The number of nitrogens with zero attached hydrogens (tertiary/aromatic N) is 2. The van der Waals surface area contributed by atoms with Gasteiger partial charge in [0.25, 0.3) is 5.69 Å². The number of hydrogen-bond acceptors (Lipinski definition) is 6. The molecule has 1 aliphatic heterocycles. The van der Waals surface area contributed by atoms with Gasteiger partial charge in [0.05, 0.1) is 22.1 Å². The Morgan fingerprint density at radius 1 is 1.43 bits per heavy atom. The van der Waals surface area contributed by atoms with Gasteiger partial charge in [0.2, 0.25) is 5.91 Å². The molecule has 2 atom stereocenters. The van der Waals surface area contributed by atoms with E-state index in [0.717, 1.165) is 0 Å². The second-order valence-corrected chi connectivity index (χ2v) is 7.85. The summed E-state index contributed by atoms with van der Waals surface area (Å²) in [6, 6.07) is 4.88. The summed E-state index contributed by atoms with van der Waals surface area (Å²) < 4.78 is 0. The van der Waals surface area contributed by atoms with Gasteiger partial charge in [-0.05, 0) is 30.0 Å². The maximum atomic E-state index is 13.0. The minimum Gasteiger partial charge on any atom is -0.465 e. The van der Waals surface area contributed by atoms with Crippen molar-refractivity contribution in [3.8, 4) is 6.07 Å². The Kier molecular flexibility index (Phi) is 5.89. The highest BCUT2D eigenvalue weighted by Gasteiger charge is 2.43. The molecule has 1 unspecified atom stereocenters. The summed E-state index contributed by atoms with van der Waals surface area (Å²) in [5, 5.41) is 37.9. The molecule has 1 aromatic rings. The van der Waals surface area contributed by atoms with Gasteiger partial charge in [0.15, 0.2) is 0 Å². The quantitative estimate of drug-likeness (QED) is 0.438. The Morgan fingerprint density at radius 3 is 2.57 bits per heavy atom. The van der Waals surface area contributed by atoms with Crippen LogP contribution in [0, 0.1) is 26.9 Å². The van der Waals surface area contributed by atoms with Crippen LogP contribution in [0.1, 0.15) is 38.3 Å². The zero-order valence-corrected chi connectivity index (χ0v) is 15.9. The van der Waals surface area contributed by atoms with E-state index < -0.39 is 33.9 Å². The van der Waals surface area contributed by atoms with Gasteiger partial charge in [0, 0.05) is 18.7 Å². The average Bonchev–Trinajstić information content (AvgIpc) is 3.07. The van der Waals surface area contributed by atoms with Crippen molar-refractivity contribution >= 4 is 17.7 Å². The minimum absolute atomic E-state index is 0.0942. The van der Waals surface area contributed by atoms with Gasteiger partial charge in [-0.3, -0.25) is 14.9 Å². The topological polar surface area (TPSA) is 157 Å². The molecule has 150 valence electrons. The number of carbonyl (C=O) groups is 2. The van der Waals surface area contributed by atoms with E-state index in [1.165, 1.54) is 18.2 Å². The van der Waals surface area contributed by atoms with E-state index in [1.807, 2.05) is 6.07 Å². The predicted molar refractivity (Wildman–Crippen MR) is 99.5 cm³/mol. The number of hydrogen-bond donors (Lipinski definition) is 4. The lowest BCUT2D eigenvalue weighted by Gasteiger charge is -2.36. The summed E-state index contributed by atoms with van der Waals surface area (Å²) in [5.74, 6) is -0.527. The molecule has 1 aliphatic rings. The van der Waals surface area contributed by atoms with Crippen molar-refractivity contribution in [1.82, 2.24) is 16.0 Å². The lowest BCUT2D eigenvalue weighted by Crippen LogP contribution is -2.58. The van der Waals surface area contributed by atoms with Crippen LogP contribution in [0.25, 0.3) is 0 Å². The average molecular weight is 389 g/mol. The number of rotatable bonds is 5. The smallest absolute Gasteiger partial charge is 0.405 e. The van der Waals surface area contributed by atoms with Gasteiger partial charge in [-0.15, -0.1) is 0 Å². The molecule has 0 aromatic heterocycles. The SMILES string of the molecule is CC(C)(C)C(NC(=O)O)C(=O)N[C@]1(c2ccc([N+](=O)[O-])cc2C#N)CCNC1. The Balaban J connectivity index is 2.45. The molecular weight excluding hydrogens is 366 g/mol. The number of nitrogens with one attached hydrogen (secondary N) is 3. The van der Waals surface area contributed by atoms with Crippen molar-refractivity contribution in [2.24, 2.45) is 5.41 Å². The molecule has 0 radical (unpaired) electrons. The number of nitro benzene ring substituents is 1. The van der Waals surface area contributed by atoms with Crippen molar-refractivity contribution in [1.29, 1.82) is 5.26 Å². The number of carbonyl (C=O) groups excluding carboxylic acids is 1. The van der Waals surface area contributed by atoms with E-state index in [-0.39, 0.29) is 11.3 Å². The van der Waals surface area contributed by atoms with Crippen LogP contribution >= 0.6 is 0 Å². The van der Waals surface area contributed by atoms with E-state index in [1.54, 1.807) is 20.8 Å². The summed E-state index contributed by atoms with van der Waals surface area (Å²) >= 11 is 0. The fourth-order valence-electron chi connectivity index (χ4n) is 3.36. The largest absolute Gasteiger partial charge is 0.465 e. The summed E-state index contributed by atoms with van der Waals surface area (Å²) in [7, 11) is 0. The number of non-ortho nitro benzene ring substituents is 1.